The Kier molecular flexibility index (Phi) is 1.51. The average Bonchev–Trinajstić information content (AvgIpc) is 1.94. The van der Waals surface area contributed by atoms with E-state index < -0.39 is 10.7 Å². The smallest absolute Gasteiger partial charge is 0.389 e. The van der Waals surface area contributed by atoms with E-state index in [1.165, 1.54) is 0 Å². The highest BCUT2D eigenvalue weighted by Gasteiger charge is 2.16. The number of hydrogen-bond acceptors (Lipinski definition) is 7. The zero-order chi connectivity index (χ0) is 8.43. The van der Waals surface area contributed by atoms with Crippen LogP contribution in [0.4, 0.5) is 17.3 Å². The van der Waals surface area contributed by atoms with Gasteiger partial charge in [0.05, 0.1) is 5.21 Å². The molecule has 0 fully saturated rings. The van der Waals surface area contributed by atoms with Gasteiger partial charge in [0.15, 0.2) is 11.5 Å². The van der Waals surface area contributed by atoms with Gasteiger partial charge in [-0.3, -0.25) is 0 Å². The monoisotopic (exact) mass is 156 g/mol. The van der Waals surface area contributed by atoms with Gasteiger partial charge in [0.2, 0.25) is 0 Å². The van der Waals surface area contributed by atoms with Crippen LogP contribution in [0.2, 0.25) is 0 Å². The molecule has 0 aromatic carbocycles. The Bertz CT molecular complexity index is 298. The van der Waals surface area contributed by atoms with Crippen LogP contribution >= 0.6 is 0 Å². The number of nitrogens with zero attached hydrogens (tertiary/aromatic N) is 4. The summed E-state index contributed by atoms with van der Waals surface area (Å²) in [7, 11) is 0. The van der Waals surface area contributed by atoms with E-state index in [1.807, 2.05) is 0 Å². The molecule has 58 valence electrons. The van der Waals surface area contributed by atoms with Gasteiger partial charge < -0.3 is 21.6 Å². The lowest BCUT2D eigenvalue weighted by molar-refractivity contribution is -0.389. The first-order valence-electron chi connectivity index (χ1n) is 2.51. The van der Waals surface area contributed by atoms with Crippen molar-refractivity contribution in [3.05, 3.63) is 10.1 Å². The molecule has 0 spiro atoms. The molecule has 0 aliphatic rings. The van der Waals surface area contributed by atoms with Gasteiger partial charge in [0.1, 0.15) is 5.10 Å². The topological polar surface area (TPSA) is 134 Å². The lowest BCUT2D eigenvalue weighted by Crippen LogP contribution is -2.06. The number of rotatable bonds is 1. The molecular formula is C3H4N6O2. The first kappa shape index (κ1) is 7.12. The lowest BCUT2D eigenvalue weighted by atomic mass is 10.5. The van der Waals surface area contributed by atoms with Crippen LogP contribution in [-0.4, -0.2) is 20.3 Å². The number of aromatic nitrogens is 3. The molecule has 1 aromatic heterocycles. The van der Waals surface area contributed by atoms with Crippen molar-refractivity contribution in [2.24, 2.45) is 0 Å². The van der Waals surface area contributed by atoms with E-state index in [-0.39, 0.29) is 11.5 Å². The van der Waals surface area contributed by atoms with Crippen molar-refractivity contribution in [3.8, 4) is 0 Å². The van der Waals surface area contributed by atoms with Gasteiger partial charge >= 0.3 is 5.82 Å². The van der Waals surface area contributed by atoms with Crippen LogP contribution in [0.1, 0.15) is 0 Å². The predicted octanol–water partition coefficient (Wildman–Crippen LogP) is -1.06. The molecule has 1 rings (SSSR count). The fourth-order valence-corrected chi connectivity index (χ4v) is 0.470. The van der Waals surface area contributed by atoms with E-state index in [9.17, 15) is 10.1 Å². The third-order valence-corrected chi connectivity index (χ3v) is 0.982. The van der Waals surface area contributed by atoms with E-state index in [4.69, 9.17) is 11.5 Å². The summed E-state index contributed by atoms with van der Waals surface area (Å²) in [4.78, 5) is 9.34. The van der Waals surface area contributed by atoms with Gasteiger partial charge in [-0.15, -0.1) is 0 Å². The SMILES string of the molecule is Nc1nnnc([N+](=O)[O-])c1N. The molecule has 1 aromatic rings. The van der Waals surface area contributed by atoms with Crippen molar-refractivity contribution >= 4 is 17.3 Å². The molecule has 0 saturated carbocycles. The quantitative estimate of drug-likeness (QED) is 0.391. The van der Waals surface area contributed by atoms with Crippen molar-refractivity contribution in [2.75, 3.05) is 11.5 Å². The maximum absolute atomic E-state index is 10.1. The Balaban J connectivity index is 3.27. The number of anilines is 2. The Hall–Kier alpha value is -1.99. The van der Waals surface area contributed by atoms with Crippen LogP contribution < -0.4 is 11.5 Å². The minimum absolute atomic E-state index is 0.188. The summed E-state index contributed by atoms with van der Waals surface area (Å²) in [5, 5.41) is 19.4. The summed E-state index contributed by atoms with van der Waals surface area (Å²) in [6, 6.07) is 0. The third-order valence-electron chi connectivity index (χ3n) is 0.982. The minimum atomic E-state index is -0.777. The normalized spacial score (nSPS) is 9.45. The van der Waals surface area contributed by atoms with Crippen LogP contribution in [0.25, 0.3) is 0 Å². The first-order valence-corrected chi connectivity index (χ1v) is 2.51. The Morgan fingerprint density at radius 3 is 2.45 bits per heavy atom. The van der Waals surface area contributed by atoms with Gasteiger partial charge in [-0.25, -0.2) is 0 Å². The summed E-state index contributed by atoms with van der Waals surface area (Å²) in [5.41, 5.74) is 10.0. The molecule has 0 atom stereocenters. The molecule has 0 aliphatic heterocycles. The van der Waals surface area contributed by atoms with Crippen molar-refractivity contribution in [2.45, 2.75) is 0 Å². The minimum Gasteiger partial charge on any atom is -0.389 e. The van der Waals surface area contributed by atoms with Gasteiger partial charge in [-0.05, 0) is 4.92 Å². The molecule has 0 bridgehead atoms. The van der Waals surface area contributed by atoms with Crippen molar-refractivity contribution in [1.82, 2.24) is 15.4 Å². The van der Waals surface area contributed by atoms with Crippen molar-refractivity contribution in [1.29, 1.82) is 0 Å². The molecule has 0 unspecified atom stereocenters. The highest BCUT2D eigenvalue weighted by Crippen LogP contribution is 2.19. The zero-order valence-electron chi connectivity index (χ0n) is 5.26. The van der Waals surface area contributed by atoms with Gasteiger partial charge in [0, 0.05) is 0 Å². The van der Waals surface area contributed by atoms with Crippen LogP contribution in [0.5, 0.6) is 0 Å². The number of nitrogens with two attached hydrogens (primary N) is 2. The van der Waals surface area contributed by atoms with Crippen LogP contribution in [0.3, 0.4) is 0 Å². The fourth-order valence-electron chi connectivity index (χ4n) is 0.470. The lowest BCUT2D eigenvalue weighted by Gasteiger charge is -1.94. The molecule has 1 heterocycles. The Labute approximate surface area is 60.4 Å². The molecule has 0 radical (unpaired) electrons. The van der Waals surface area contributed by atoms with E-state index in [1.54, 1.807) is 0 Å². The largest absolute Gasteiger partial charge is 0.419 e. The van der Waals surface area contributed by atoms with Gasteiger partial charge in [0.25, 0.3) is 0 Å². The summed E-state index contributed by atoms with van der Waals surface area (Å²) in [5.74, 6) is -0.760. The zero-order valence-corrected chi connectivity index (χ0v) is 5.26. The molecule has 8 nitrogen and oxygen atoms in total. The molecule has 0 aliphatic carbocycles. The standard InChI is InChI=1S/C3H4N6O2/c4-1-2(5)6-8-7-3(1)9(10)11/h(H2,4,8)(H2,5,6,7). The number of hydrogen-bond donors (Lipinski definition) is 2. The molecule has 4 N–H and O–H groups in total. The van der Waals surface area contributed by atoms with Crippen molar-refractivity contribution in [3.63, 3.8) is 0 Å². The molecule has 11 heavy (non-hydrogen) atoms. The molecular weight excluding hydrogens is 152 g/mol. The predicted molar refractivity (Wildman–Crippen MR) is 35.3 cm³/mol. The van der Waals surface area contributed by atoms with Crippen LogP contribution in [0.15, 0.2) is 0 Å². The first-order chi connectivity index (χ1) is 5.13. The summed E-state index contributed by atoms with van der Waals surface area (Å²) in [6.45, 7) is 0. The second kappa shape index (κ2) is 2.33. The fraction of sp³-hybridized carbons (Fsp3) is 0. The third kappa shape index (κ3) is 1.13. The summed E-state index contributed by atoms with van der Waals surface area (Å²) < 4.78 is 0. The molecule has 8 heteroatoms. The number of nitrogen functional groups attached to an aromatic ring is 2. The Morgan fingerprint density at radius 1 is 1.36 bits per heavy atom. The van der Waals surface area contributed by atoms with E-state index in [0.29, 0.717) is 0 Å². The Morgan fingerprint density at radius 2 is 2.00 bits per heavy atom. The molecule has 0 amide bonds. The second-order valence-electron chi connectivity index (χ2n) is 1.67. The van der Waals surface area contributed by atoms with Gasteiger partial charge in [-0.1, -0.05) is 5.10 Å². The van der Waals surface area contributed by atoms with Crippen molar-refractivity contribution < 1.29 is 4.92 Å². The van der Waals surface area contributed by atoms with Crippen LogP contribution in [0, 0.1) is 10.1 Å². The van der Waals surface area contributed by atoms with E-state index >= 15 is 0 Å². The average molecular weight is 156 g/mol. The molecule has 0 saturated heterocycles. The maximum Gasteiger partial charge on any atom is 0.419 e. The maximum atomic E-state index is 10.1. The number of nitro groups is 1. The van der Waals surface area contributed by atoms with Crippen LogP contribution in [-0.2, 0) is 0 Å². The summed E-state index contributed by atoms with van der Waals surface area (Å²) in [6.07, 6.45) is 0. The highest BCUT2D eigenvalue weighted by molar-refractivity contribution is 5.66. The van der Waals surface area contributed by atoms with E-state index in [0.717, 1.165) is 0 Å². The highest BCUT2D eigenvalue weighted by atomic mass is 16.6. The van der Waals surface area contributed by atoms with Gasteiger partial charge in [-0.2, -0.15) is 0 Å². The second-order valence-corrected chi connectivity index (χ2v) is 1.67. The van der Waals surface area contributed by atoms with E-state index in [2.05, 4.69) is 15.4 Å². The summed E-state index contributed by atoms with van der Waals surface area (Å²) >= 11 is 0.